The molecule has 100 valence electrons. The molecule has 0 aromatic heterocycles. The second kappa shape index (κ2) is 4.75. The van der Waals surface area contributed by atoms with Crippen LogP contribution in [0.1, 0.15) is 39.5 Å². The van der Waals surface area contributed by atoms with Crippen molar-refractivity contribution < 1.29 is 13.5 Å². The lowest BCUT2D eigenvalue weighted by Gasteiger charge is -2.34. The number of anilines is 1. The highest BCUT2D eigenvalue weighted by atomic mass is 19.2. The Hall–Kier alpha value is -1.32. The molecule has 1 fully saturated rings. The standard InChI is InChI=1S/C14H19F2NO/c1-14(2)7-5-9(6-8-14)18-13-11(17)4-3-10(15)12(13)16/h3-4,9H,5-8,17H2,1-2H3. The predicted octanol–water partition coefficient (Wildman–Crippen LogP) is 3.89. The number of nitrogens with two attached hydrogens (primary N) is 1. The Balaban J connectivity index is 2.09. The number of hydrogen-bond donors (Lipinski definition) is 1. The van der Waals surface area contributed by atoms with E-state index in [-0.39, 0.29) is 17.5 Å². The molecule has 0 bridgehead atoms. The Kier molecular flexibility index (Phi) is 3.46. The number of hydrogen-bond acceptors (Lipinski definition) is 2. The highest BCUT2D eigenvalue weighted by Gasteiger charge is 2.29. The summed E-state index contributed by atoms with van der Waals surface area (Å²) in [6.45, 7) is 4.42. The van der Waals surface area contributed by atoms with Gasteiger partial charge >= 0.3 is 0 Å². The summed E-state index contributed by atoms with van der Waals surface area (Å²) in [7, 11) is 0. The molecule has 0 spiro atoms. The maximum absolute atomic E-state index is 13.6. The molecule has 0 aliphatic heterocycles. The largest absolute Gasteiger partial charge is 0.485 e. The molecule has 0 heterocycles. The van der Waals surface area contributed by atoms with E-state index in [1.165, 1.54) is 6.07 Å². The normalized spacial score (nSPS) is 19.8. The van der Waals surface area contributed by atoms with Crippen LogP contribution in [-0.4, -0.2) is 6.10 Å². The minimum atomic E-state index is -0.986. The molecular formula is C14H19F2NO. The first-order chi connectivity index (χ1) is 8.39. The van der Waals surface area contributed by atoms with E-state index in [1.54, 1.807) is 0 Å². The van der Waals surface area contributed by atoms with Crippen LogP contribution < -0.4 is 10.5 Å². The average Bonchev–Trinajstić information content (AvgIpc) is 2.32. The van der Waals surface area contributed by atoms with E-state index >= 15 is 0 Å². The van der Waals surface area contributed by atoms with Gasteiger partial charge in [0.15, 0.2) is 11.6 Å². The van der Waals surface area contributed by atoms with Gasteiger partial charge in [-0.3, -0.25) is 0 Å². The fraction of sp³-hybridized carbons (Fsp3) is 0.571. The molecule has 0 atom stereocenters. The molecule has 0 saturated heterocycles. The minimum absolute atomic E-state index is 0.0726. The Labute approximate surface area is 106 Å². The maximum atomic E-state index is 13.6. The van der Waals surface area contributed by atoms with Crippen molar-refractivity contribution in [3.05, 3.63) is 23.8 Å². The van der Waals surface area contributed by atoms with Gasteiger partial charge in [0, 0.05) is 0 Å². The molecule has 0 radical (unpaired) electrons. The van der Waals surface area contributed by atoms with E-state index in [2.05, 4.69) is 13.8 Å². The quantitative estimate of drug-likeness (QED) is 0.813. The zero-order valence-electron chi connectivity index (χ0n) is 10.8. The van der Waals surface area contributed by atoms with Gasteiger partial charge in [-0.1, -0.05) is 13.8 Å². The molecule has 1 saturated carbocycles. The van der Waals surface area contributed by atoms with Crippen LogP contribution in [-0.2, 0) is 0 Å². The topological polar surface area (TPSA) is 35.2 Å². The summed E-state index contributed by atoms with van der Waals surface area (Å²) in [6, 6.07) is 2.35. The van der Waals surface area contributed by atoms with Crippen molar-refractivity contribution >= 4 is 5.69 Å². The van der Waals surface area contributed by atoms with E-state index in [0.717, 1.165) is 31.7 Å². The maximum Gasteiger partial charge on any atom is 0.202 e. The van der Waals surface area contributed by atoms with Crippen LogP contribution in [0.5, 0.6) is 5.75 Å². The molecule has 4 heteroatoms. The Bertz CT molecular complexity index is 436. The van der Waals surface area contributed by atoms with Gasteiger partial charge in [-0.25, -0.2) is 4.39 Å². The second-order valence-corrected chi connectivity index (χ2v) is 5.76. The summed E-state index contributed by atoms with van der Waals surface area (Å²) in [4.78, 5) is 0. The number of ether oxygens (including phenoxy) is 1. The fourth-order valence-electron chi connectivity index (χ4n) is 2.32. The summed E-state index contributed by atoms with van der Waals surface area (Å²) >= 11 is 0. The molecular weight excluding hydrogens is 236 g/mol. The number of halogens is 2. The summed E-state index contributed by atoms with van der Waals surface area (Å²) < 4.78 is 32.3. The van der Waals surface area contributed by atoms with Gasteiger partial charge in [0.25, 0.3) is 0 Å². The lowest BCUT2D eigenvalue weighted by Crippen LogP contribution is -2.28. The van der Waals surface area contributed by atoms with Crippen molar-refractivity contribution in [2.45, 2.75) is 45.6 Å². The van der Waals surface area contributed by atoms with Crippen LogP contribution in [0.25, 0.3) is 0 Å². The average molecular weight is 255 g/mol. The zero-order valence-corrected chi connectivity index (χ0v) is 10.8. The highest BCUT2D eigenvalue weighted by Crippen LogP contribution is 2.38. The molecule has 1 aliphatic rings. The van der Waals surface area contributed by atoms with Crippen molar-refractivity contribution in [3.63, 3.8) is 0 Å². The van der Waals surface area contributed by atoms with Gasteiger partial charge < -0.3 is 10.5 Å². The van der Waals surface area contributed by atoms with Gasteiger partial charge in [-0.15, -0.1) is 0 Å². The van der Waals surface area contributed by atoms with Crippen molar-refractivity contribution in [2.24, 2.45) is 5.41 Å². The Morgan fingerprint density at radius 1 is 1.22 bits per heavy atom. The molecule has 2 N–H and O–H groups in total. The molecule has 1 aromatic rings. The summed E-state index contributed by atoms with van der Waals surface area (Å²) in [6.07, 6.45) is 3.67. The lowest BCUT2D eigenvalue weighted by molar-refractivity contribution is 0.0952. The monoisotopic (exact) mass is 255 g/mol. The van der Waals surface area contributed by atoms with Gasteiger partial charge in [0.1, 0.15) is 0 Å². The van der Waals surface area contributed by atoms with Crippen LogP contribution in [0.15, 0.2) is 12.1 Å². The molecule has 2 nitrogen and oxygen atoms in total. The first-order valence-corrected chi connectivity index (χ1v) is 6.29. The first kappa shape index (κ1) is 13.1. The number of nitrogen functional groups attached to an aromatic ring is 1. The van der Waals surface area contributed by atoms with Gasteiger partial charge in [-0.05, 0) is 43.2 Å². The van der Waals surface area contributed by atoms with Crippen LogP contribution in [0.4, 0.5) is 14.5 Å². The predicted molar refractivity (Wildman–Crippen MR) is 67.4 cm³/mol. The number of benzene rings is 1. The third-order valence-corrected chi connectivity index (χ3v) is 3.65. The molecule has 0 unspecified atom stereocenters. The molecule has 2 rings (SSSR count). The number of rotatable bonds is 2. The summed E-state index contributed by atoms with van der Waals surface area (Å²) in [5, 5.41) is 0. The highest BCUT2D eigenvalue weighted by molar-refractivity contribution is 5.53. The Morgan fingerprint density at radius 3 is 2.44 bits per heavy atom. The molecule has 1 aliphatic carbocycles. The molecule has 0 amide bonds. The van der Waals surface area contributed by atoms with Crippen molar-refractivity contribution in [3.8, 4) is 5.75 Å². The van der Waals surface area contributed by atoms with E-state index in [1.807, 2.05) is 0 Å². The van der Waals surface area contributed by atoms with Crippen LogP contribution in [0.3, 0.4) is 0 Å². The fourth-order valence-corrected chi connectivity index (χ4v) is 2.32. The second-order valence-electron chi connectivity index (χ2n) is 5.76. The van der Waals surface area contributed by atoms with Crippen molar-refractivity contribution in [1.29, 1.82) is 0 Å². The molecule has 18 heavy (non-hydrogen) atoms. The first-order valence-electron chi connectivity index (χ1n) is 6.29. The minimum Gasteiger partial charge on any atom is -0.485 e. The van der Waals surface area contributed by atoms with Crippen LogP contribution >= 0.6 is 0 Å². The van der Waals surface area contributed by atoms with E-state index < -0.39 is 11.6 Å². The molecule has 1 aromatic carbocycles. The van der Waals surface area contributed by atoms with Gasteiger partial charge in [-0.2, -0.15) is 4.39 Å². The van der Waals surface area contributed by atoms with E-state index in [4.69, 9.17) is 10.5 Å². The third-order valence-electron chi connectivity index (χ3n) is 3.65. The Morgan fingerprint density at radius 2 is 1.83 bits per heavy atom. The van der Waals surface area contributed by atoms with Gasteiger partial charge in [0.05, 0.1) is 11.8 Å². The summed E-state index contributed by atoms with van der Waals surface area (Å²) in [5.74, 6) is -2.05. The van der Waals surface area contributed by atoms with Gasteiger partial charge in [0.2, 0.25) is 5.82 Å². The third kappa shape index (κ3) is 2.74. The zero-order chi connectivity index (χ0) is 13.3. The van der Waals surface area contributed by atoms with Crippen LogP contribution in [0, 0.1) is 17.0 Å². The van der Waals surface area contributed by atoms with Crippen molar-refractivity contribution in [2.75, 3.05) is 5.73 Å². The SMILES string of the molecule is CC1(C)CCC(Oc2c(N)ccc(F)c2F)CC1. The van der Waals surface area contributed by atoms with E-state index in [0.29, 0.717) is 5.41 Å². The van der Waals surface area contributed by atoms with Crippen LogP contribution in [0.2, 0.25) is 0 Å². The summed E-state index contributed by atoms with van der Waals surface area (Å²) in [5.41, 5.74) is 6.09. The van der Waals surface area contributed by atoms with E-state index in [9.17, 15) is 8.78 Å². The smallest absolute Gasteiger partial charge is 0.202 e. The van der Waals surface area contributed by atoms with Crippen molar-refractivity contribution in [1.82, 2.24) is 0 Å². The lowest BCUT2D eigenvalue weighted by atomic mass is 9.76.